The van der Waals surface area contributed by atoms with Gasteiger partial charge in [-0.15, -0.1) is 11.3 Å². The second-order valence-electron chi connectivity index (χ2n) is 7.30. The van der Waals surface area contributed by atoms with Crippen molar-refractivity contribution in [1.29, 1.82) is 0 Å². The summed E-state index contributed by atoms with van der Waals surface area (Å²) in [5.74, 6) is 0.442. The van der Waals surface area contributed by atoms with Crippen molar-refractivity contribution in [3.8, 4) is 0 Å². The van der Waals surface area contributed by atoms with Gasteiger partial charge in [-0.3, -0.25) is 9.69 Å². The summed E-state index contributed by atoms with van der Waals surface area (Å²) >= 11 is 4.84. The Morgan fingerprint density at radius 2 is 1.63 bits per heavy atom. The van der Waals surface area contributed by atoms with E-state index in [1.165, 1.54) is 11.8 Å². The van der Waals surface area contributed by atoms with E-state index in [4.69, 9.17) is 4.98 Å². The Hall–Kier alpha value is -1.76. The highest BCUT2D eigenvalue weighted by molar-refractivity contribution is 8.01. The molecule has 3 aromatic rings. The number of rotatable bonds is 3. The molecule has 0 unspecified atom stereocenters. The van der Waals surface area contributed by atoms with E-state index in [0.29, 0.717) is 5.75 Å². The molecule has 0 bridgehead atoms. The summed E-state index contributed by atoms with van der Waals surface area (Å²) in [6.07, 6.45) is 0. The van der Waals surface area contributed by atoms with Gasteiger partial charge in [-0.05, 0) is 24.3 Å². The van der Waals surface area contributed by atoms with Gasteiger partial charge >= 0.3 is 0 Å². The van der Waals surface area contributed by atoms with E-state index in [1.54, 1.807) is 23.1 Å². The number of carbonyl (C=O) groups excluding carboxylic acids is 1. The van der Waals surface area contributed by atoms with Gasteiger partial charge in [-0.1, -0.05) is 68.6 Å². The molecule has 0 saturated carbocycles. The quantitative estimate of drug-likeness (QED) is 0.469. The van der Waals surface area contributed by atoms with Crippen molar-refractivity contribution in [3.63, 3.8) is 0 Å². The minimum absolute atomic E-state index is 0.0291. The first-order valence-electron chi connectivity index (χ1n) is 8.71. The fourth-order valence-corrected chi connectivity index (χ4v) is 5.79. The molecule has 27 heavy (non-hydrogen) atoms. The molecular weight excluding hydrogens is 392 g/mol. The van der Waals surface area contributed by atoms with Gasteiger partial charge in [0.05, 0.1) is 22.8 Å². The SMILES string of the molecule is CC(C)(C)c1csc(SCC(=O)N2c3ccccc3Sc3ccccc32)n1. The first kappa shape index (κ1) is 18.6. The lowest BCUT2D eigenvalue weighted by Gasteiger charge is -2.30. The predicted molar refractivity (Wildman–Crippen MR) is 116 cm³/mol. The summed E-state index contributed by atoms with van der Waals surface area (Å²) in [6.45, 7) is 6.46. The molecule has 0 saturated heterocycles. The minimum atomic E-state index is 0.0291. The van der Waals surface area contributed by atoms with Crippen LogP contribution in [0.1, 0.15) is 26.5 Å². The number of thioether (sulfide) groups is 1. The number of hydrogen-bond donors (Lipinski definition) is 0. The van der Waals surface area contributed by atoms with E-state index in [9.17, 15) is 4.79 Å². The third-order valence-electron chi connectivity index (χ3n) is 4.25. The molecule has 138 valence electrons. The number of para-hydroxylation sites is 2. The number of nitrogens with zero attached hydrogens (tertiary/aromatic N) is 2. The fourth-order valence-electron chi connectivity index (χ4n) is 2.83. The molecule has 0 N–H and O–H groups in total. The lowest BCUT2D eigenvalue weighted by atomic mass is 9.93. The molecule has 2 aromatic carbocycles. The minimum Gasteiger partial charge on any atom is -0.278 e. The molecule has 3 nitrogen and oxygen atoms in total. The molecule has 0 atom stereocenters. The number of hydrogen-bond acceptors (Lipinski definition) is 5. The van der Waals surface area contributed by atoms with Crippen LogP contribution in [0, 0.1) is 0 Å². The molecule has 1 aliphatic rings. The molecule has 0 spiro atoms. The maximum Gasteiger partial charge on any atom is 0.242 e. The summed E-state index contributed by atoms with van der Waals surface area (Å²) in [6, 6.07) is 16.2. The summed E-state index contributed by atoms with van der Waals surface area (Å²) in [5.41, 5.74) is 3.02. The Bertz CT molecular complexity index is 945. The maximum absolute atomic E-state index is 13.2. The van der Waals surface area contributed by atoms with Crippen molar-refractivity contribution >= 4 is 52.1 Å². The largest absolute Gasteiger partial charge is 0.278 e. The van der Waals surface area contributed by atoms with E-state index in [-0.39, 0.29) is 11.3 Å². The first-order chi connectivity index (χ1) is 12.9. The Morgan fingerprint density at radius 3 is 2.19 bits per heavy atom. The molecule has 0 aliphatic carbocycles. The van der Waals surface area contributed by atoms with Crippen molar-refractivity contribution in [3.05, 3.63) is 59.6 Å². The Labute approximate surface area is 172 Å². The van der Waals surface area contributed by atoms with Crippen LogP contribution in [0.15, 0.2) is 68.0 Å². The second-order valence-corrected chi connectivity index (χ2v) is 10.5. The third-order valence-corrected chi connectivity index (χ3v) is 7.39. The average Bonchev–Trinajstić information content (AvgIpc) is 3.13. The molecule has 2 heterocycles. The lowest BCUT2D eigenvalue weighted by molar-refractivity contribution is -0.115. The van der Waals surface area contributed by atoms with Gasteiger partial charge in [0, 0.05) is 20.6 Å². The van der Waals surface area contributed by atoms with Crippen LogP contribution in [0.5, 0.6) is 0 Å². The van der Waals surface area contributed by atoms with Gasteiger partial charge in [0.2, 0.25) is 5.91 Å². The Morgan fingerprint density at radius 1 is 1.04 bits per heavy atom. The number of aromatic nitrogens is 1. The van der Waals surface area contributed by atoms with Gasteiger partial charge < -0.3 is 0 Å². The van der Waals surface area contributed by atoms with E-state index in [2.05, 4.69) is 38.3 Å². The normalized spacial score (nSPS) is 13.2. The second kappa shape index (κ2) is 7.34. The molecule has 1 aliphatic heterocycles. The Balaban J connectivity index is 1.58. The summed E-state index contributed by atoms with van der Waals surface area (Å²) in [7, 11) is 0. The number of fused-ring (bicyclic) bond motifs is 2. The van der Waals surface area contributed by atoms with Crippen molar-refractivity contribution < 1.29 is 4.79 Å². The molecular formula is C21H20N2OS3. The highest BCUT2D eigenvalue weighted by Gasteiger charge is 2.28. The zero-order chi connectivity index (χ0) is 19.0. The zero-order valence-electron chi connectivity index (χ0n) is 15.4. The van der Waals surface area contributed by atoms with Crippen LogP contribution in [0.2, 0.25) is 0 Å². The van der Waals surface area contributed by atoms with Gasteiger partial charge in [-0.25, -0.2) is 4.98 Å². The van der Waals surface area contributed by atoms with Gasteiger partial charge in [0.1, 0.15) is 0 Å². The van der Waals surface area contributed by atoms with Crippen LogP contribution in [0.3, 0.4) is 0 Å². The van der Waals surface area contributed by atoms with Crippen LogP contribution in [-0.2, 0) is 10.2 Å². The number of anilines is 2. The third kappa shape index (κ3) is 3.79. The van der Waals surface area contributed by atoms with Crippen molar-refractivity contribution in [2.45, 2.75) is 40.3 Å². The predicted octanol–water partition coefficient (Wildman–Crippen LogP) is 6.36. The molecule has 4 rings (SSSR count). The maximum atomic E-state index is 13.2. The number of carbonyl (C=O) groups is 1. The van der Waals surface area contributed by atoms with Crippen molar-refractivity contribution in [2.24, 2.45) is 0 Å². The van der Waals surface area contributed by atoms with Crippen LogP contribution >= 0.6 is 34.9 Å². The highest BCUT2D eigenvalue weighted by atomic mass is 32.2. The zero-order valence-corrected chi connectivity index (χ0v) is 17.9. The Kier molecular flexibility index (Phi) is 5.05. The number of benzene rings is 2. The number of amides is 1. The highest BCUT2D eigenvalue weighted by Crippen LogP contribution is 2.48. The fraction of sp³-hybridized carbons (Fsp3) is 0.238. The monoisotopic (exact) mass is 412 g/mol. The van der Waals surface area contributed by atoms with E-state index >= 15 is 0 Å². The first-order valence-corrected chi connectivity index (χ1v) is 11.4. The summed E-state index contributed by atoms with van der Waals surface area (Å²) < 4.78 is 0.946. The van der Waals surface area contributed by atoms with Gasteiger partial charge in [0.25, 0.3) is 0 Å². The molecule has 1 amide bonds. The van der Waals surface area contributed by atoms with Gasteiger partial charge in [0.15, 0.2) is 4.34 Å². The molecule has 1 aromatic heterocycles. The van der Waals surface area contributed by atoms with E-state index in [0.717, 1.165) is 31.2 Å². The van der Waals surface area contributed by atoms with E-state index in [1.807, 2.05) is 41.3 Å². The van der Waals surface area contributed by atoms with E-state index < -0.39 is 0 Å². The summed E-state index contributed by atoms with van der Waals surface area (Å²) in [5, 5.41) is 2.09. The molecule has 6 heteroatoms. The van der Waals surface area contributed by atoms with Crippen LogP contribution < -0.4 is 4.90 Å². The average molecular weight is 413 g/mol. The van der Waals surface area contributed by atoms with Crippen LogP contribution in [0.4, 0.5) is 11.4 Å². The molecule has 0 radical (unpaired) electrons. The number of thiazole rings is 1. The lowest BCUT2D eigenvalue weighted by Crippen LogP contribution is -2.29. The van der Waals surface area contributed by atoms with Crippen LogP contribution in [-0.4, -0.2) is 16.6 Å². The topological polar surface area (TPSA) is 33.2 Å². The smallest absolute Gasteiger partial charge is 0.242 e. The van der Waals surface area contributed by atoms with Crippen molar-refractivity contribution in [1.82, 2.24) is 4.98 Å². The molecule has 0 fully saturated rings. The van der Waals surface area contributed by atoms with Crippen molar-refractivity contribution in [2.75, 3.05) is 10.7 Å². The van der Waals surface area contributed by atoms with Gasteiger partial charge in [-0.2, -0.15) is 0 Å². The standard InChI is InChI=1S/C21H20N2OS3/c1-21(2,3)18-12-25-20(22-18)26-13-19(24)23-14-8-4-6-10-16(14)27-17-11-7-5-9-15(17)23/h4-12H,13H2,1-3H3. The van der Waals surface area contributed by atoms with Crippen LogP contribution in [0.25, 0.3) is 0 Å². The summed E-state index contributed by atoms with van der Waals surface area (Å²) in [4.78, 5) is 21.9.